The Kier molecular flexibility index (Phi) is 60.5. The molecule has 0 heterocycles. The van der Waals surface area contributed by atoms with Crippen molar-refractivity contribution in [3.63, 3.8) is 0 Å². The molecule has 3 heteroatoms. The van der Waals surface area contributed by atoms with Crippen LogP contribution < -0.4 is 4.74 Å². The monoisotopic (exact) mass is 783 g/mol. The lowest BCUT2D eigenvalue weighted by molar-refractivity contribution is -0.118. The van der Waals surface area contributed by atoms with Crippen molar-refractivity contribution in [2.24, 2.45) is 65.1 Å². The second-order valence-electron chi connectivity index (χ2n) is 16.8. The van der Waals surface area contributed by atoms with Gasteiger partial charge in [-0.2, -0.15) is 0 Å². The minimum absolute atomic E-state index is 0. The van der Waals surface area contributed by atoms with Crippen molar-refractivity contribution in [1.29, 1.82) is 0 Å². The molecule has 2 rings (SSSR count). The maximum Gasteiger partial charge on any atom is 0.130 e. The Morgan fingerprint density at radius 3 is 1.35 bits per heavy atom. The van der Waals surface area contributed by atoms with Gasteiger partial charge in [0, 0.05) is 19.6 Å². The van der Waals surface area contributed by atoms with E-state index in [-0.39, 0.29) is 29.7 Å². The Bertz CT molecular complexity index is 866. The first-order valence-corrected chi connectivity index (χ1v) is 21.2. The van der Waals surface area contributed by atoms with E-state index in [9.17, 15) is 4.79 Å². The normalized spacial score (nSPS) is 14.0. The number of carbonyl (C=O) groups excluding carboxylic acids is 1. The Morgan fingerprint density at radius 2 is 1.04 bits per heavy atom. The van der Waals surface area contributed by atoms with Gasteiger partial charge in [0.1, 0.15) is 11.5 Å². The minimum atomic E-state index is 0. The molecule has 336 valence electrons. The molecule has 0 aliphatic heterocycles. The average molecular weight is 783 g/mol. The van der Waals surface area contributed by atoms with Gasteiger partial charge in [-0.1, -0.05) is 191 Å². The number of allylic oxidation sites excluding steroid dienone is 2. The molecule has 55 heavy (non-hydrogen) atoms. The topological polar surface area (TPSA) is 35.5 Å². The van der Waals surface area contributed by atoms with Gasteiger partial charge in [-0.3, -0.25) is 0 Å². The SMILES string of the molecule is C.C.C.C.C/C=C/CC(C)C(C)C.CC.CC(=O)CC(C)C(C)C.CC(C)C(C)CC1CC1.CC(C)C(C)COc1ccccc1.CCOCC(C)C(C)C. The van der Waals surface area contributed by atoms with Crippen molar-refractivity contribution in [2.75, 3.05) is 19.8 Å². The second-order valence-corrected chi connectivity index (χ2v) is 16.8. The third-order valence-electron chi connectivity index (χ3n) is 10.3. The van der Waals surface area contributed by atoms with Crippen LogP contribution in [0.3, 0.4) is 0 Å². The van der Waals surface area contributed by atoms with Gasteiger partial charge in [-0.05, 0) is 111 Å². The smallest absolute Gasteiger partial charge is 0.130 e. The third-order valence-corrected chi connectivity index (χ3v) is 10.3. The molecule has 0 aromatic heterocycles. The molecule has 1 aromatic carbocycles. The molecule has 3 nitrogen and oxygen atoms in total. The van der Waals surface area contributed by atoms with E-state index in [4.69, 9.17) is 9.47 Å². The van der Waals surface area contributed by atoms with Crippen molar-refractivity contribution >= 4 is 5.78 Å². The molecule has 0 bridgehead atoms. The second kappa shape index (κ2) is 46.8. The maximum absolute atomic E-state index is 10.6. The van der Waals surface area contributed by atoms with Crippen LogP contribution in [0.4, 0.5) is 0 Å². The lowest BCUT2D eigenvalue weighted by Crippen LogP contribution is -2.13. The fourth-order valence-electron chi connectivity index (χ4n) is 3.90. The Morgan fingerprint density at radius 1 is 0.636 bits per heavy atom. The molecule has 0 radical (unpaired) electrons. The van der Waals surface area contributed by atoms with Gasteiger partial charge >= 0.3 is 0 Å². The highest BCUT2D eigenvalue weighted by molar-refractivity contribution is 5.75. The van der Waals surface area contributed by atoms with Crippen molar-refractivity contribution in [3.05, 3.63) is 42.5 Å². The van der Waals surface area contributed by atoms with Gasteiger partial charge in [-0.25, -0.2) is 0 Å². The summed E-state index contributed by atoms with van der Waals surface area (Å²) in [6, 6.07) is 9.98. The fraction of sp³-hybridized carbons (Fsp3) is 0.827. The van der Waals surface area contributed by atoms with Crippen molar-refractivity contribution in [2.45, 2.75) is 200 Å². The number of hydrogen-bond donors (Lipinski definition) is 0. The molecule has 5 atom stereocenters. The number of ketones is 1. The first kappa shape index (κ1) is 71.1. The summed E-state index contributed by atoms with van der Waals surface area (Å²) < 4.78 is 10.9. The van der Waals surface area contributed by atoms with Crippen molar-refractivity contribution in [3.8, 4) is 5.75 Å². The zero-order valence-electron chi connectivity index (χ0n) is 38.3. The van der Waals surface area contributed by atoms with Gasteiger partial charge in [0.2, 0.25) is 0 Å². The molecule has 1 saturated carbocycles. The standard InChI is InChI=1S/C12H18O.2C9H18.C8H16O.C8H18O.C2H6.4CH4/c1-10(2)11(3)9-13-12-7-5-4-6-8-12;1-7(2)8(3)6-9-4-5-9;1-5-6-7-9(4)8(2)3;1-6(2)7(3)5-8(4)9;1-5-9-6-8(4)7(2)3;1-2;;;;/h4-8,10-11H,9H2,1-3H3;7-9H,4-6H2,1-3H3;5-6,8-9H,7H2,1-4H3;6-7H,5H2,1-4H3;7-8H,5-6H2,1-4H3;1-2H3;4*1H4/b;;6-5+;;;;;;;. The summed E-state index contributed by atoms with van der Waals surface area (Å²) >= 11 is 0. The lowest BCUT2D eigenvalue weighted by atomic mass is 9.93. The van der Waals surface area contributed by atoms with E-state index >= 15 is 0 Å². The maximum atomic E-state index is 10.6. The number of ether oxygens (including phenoxy) is 2. The predicted octanol–water partition coefficient (Wildman–Crippen LogP) is 17.8. The van der Waals surface area contributed by atoms with Crippen LogP contribution >= 0.6 is 0 Å². The summed E-state index contributed by atoms with van der Waals surface area (Å²) in [7, 11) is 0. The summed E-state index contributed by atoms with van der Waals surface area (Å²) in [5.74, 6) is 9.81. The van der Waals surface area contributed by atoms with Crippen LogP contribution in [0.15, 0.2) is 42.5 Å². The Labute approximate surface area is 352 Å². The average Bonchev–Trinajstić information content (AvgIpc) is 3.91. The van der Waals surface area contributed by atoms with Crippen LogP contribution in [0.5, 0.6) is 5.75 Å². The number of Topliss-reactive ketones (excluding diaryl/α,β-unsaturated/α-hetero) is 1. The zero-order valence-corrected chi connectivity index (χ0v) is 38.3. The van der Waals surface area contributed by atoms with Crippen LogP contribution in [0.25, 0.3) is 0 Å². The Balaban J connectivity index is -0.0000000819. The van der Waals surface area contributed by atoms with Gasteiger partial charge < -0.3 is 14.3 Å². The summed E-state index contributed by atoms with van der Waals surface area (Å²) in [6.45, 7) is 45.9. The molecule has 0 saturated heterocycles. The molecule has 1 fully saturated rings. The first-order chi connectivity index (χ1) is 23.8. The molecule has 1 aliphatic carbocycles. The highest BCUT2D eigenvalue weighted by Gasteiger charge is 2.24. The third kappa shape index (κ3) is 52.4. The van der Waals surface area contributed by atoms with Crippen LogP contribution in [0.1, 0.15) is 200 Å². The van der Waals surface area contributed by atoms with Crippen molar-refractivity contribution < 1.29 is 14.3 Å². The lowest BCUT2D eigenvalue weighted by Gasteiger charge is -2.16. The first-order valence-electron chi connectivity index (χ1n) is 21.2. The van der Waals surface area contributed by atoms with Gasteiger partial charge in [0.25, 0.3) is 0 Å². The van der Waals surface area contributed by atoms with Crippen LogP contribution in [-0.2, 0) is 9.53 Å². The number of rotatable bonds is 17. The molecule has 1 aromatic rings. The van der Waals surface area contributed by atoms with E-state index in [0.717, 1.165) is 67.5 Å². The Hall–Kier alpha value is -1.61. The summed E-state index contributed by atoms with van der Waals surface area (Å²) in [5, 5.41) is 0. The molecule has 1 aliphatic rings. The minimum Gasteiger partial charge on any atom is -0.493 e. The largest absolute Gasteiger partial charge is 0.493 e. The van der Waals surface area contributed by atoms with E-state index in [1.807, 2.05) is 51.1 Å². The summed E-state index contributed by atoms with van der Waals surface area (Å²) in [5.41, 5.74) is 0. The van der Waals surface area contributed by atoms with E-state index in [1.54, 1.807) is 6.92 Å². The highest BCUT2D eigenvalue weighted by atomic mass is 16.5. The van der Waals surface area contributed by atoms with Crippen LogP contribution in [0.2, 0.25) is 0 Å². The molecule has 0 amide bonds. The zero-order chi connectivity index (χ0) is 40.5. The molecule has 5 unspecified atom stereocenters. The van der Waals surface area contributed by atoms with Gasteiger partial charge in [-0.15, -0.1) is 0 Å². The summed E-state index contributed by atoms with van der Waals surface area (Å²) in [4.78, 5) is 10.6. The van der Waals surface area contributed by atoms with E-state index in [2.05, 4.69) is 123 Å². The summed E-state index contributed by atoms with van der Waals surface area (Å²) in [6.07, 6.45) is 10.8. The fourth-order valence-corrected chi connectivity index (χ4v) is 3.90. The molecule has 0 spiro atoms. The van der Waals surface area contributed by atoms with Gasteiger partial charge in [0.05, 0.1) is 6.61 Å². The quantitative estimate of drug-likeness (QED) is 0.148. The van der Waals surface area contributed by atoms with Crippen molar-refractivity contribution in [1.82, 2.24) is 0 Å². The number of benzene rings is 1. The van der Waals surface area contributed by atoms with E-state index in [1.165, 1.54) is 25.7 Å². The number of para-hydroxylation sites is 1. The van der Waals surface area contributed by atoms with Crippen LogP contribution in [-0.4, -0.2) is 25.6 Å². The van der Waals surface area contributed by atoms with Gasteiger partial charge in [0.15, 0.2) is 0 Å². The predicted molar refractivity (Wildman–Crippen MR) is 259 cm³/mol. The van der Waals surface area contributed by atoms with E-state index < -0.39 is 0 Å². The number of carbonyl (C=O) groups is 1. The highest BCUT2D eigenvalue weighted by Crippen LogP contribution is 2.37. The molecular weight excluding hydrogens is 673 g/mol. The number of hydrogen-bond acceptors (Lipinski definition) is 3. The molecule has 0 N–H and O–H groups in total. The van der Waals surface area contributed by atoms with Crippen LogP contribution in [0, 0.1) is 65.1 Å². The molecular formula is C52H110O3. The van der Waals surface area contributed by atoms with E-state index in [0.29, 0.717) is 35.4 Å².